The van der Waals surface area contributed by atoms with Crippen molar-refractivity contribution >= 4 is 121 Å². The first kappa shape index (κ1) is 20.1. The average Bonchev–Trinajstić information content (AvgIpc) is 1.65. The summed E-state index contributed by atoms with van der Waals surface area (Å²) >= 11 is 7.09. The Hall–Kier alpha value is 3.11. The van der Waals surface area contributed by atoms with Gasteiger partial charge in [-0.15, -0.1) is 0 Å². The topological polar surface area (TPSA) is 0 Å². The molecule has 0 atom stereocenters. The summed E-state index contributed by atoms with van der Waals surface area (Å²) in [6.45, 7) is 2.47. The Morgan fingerprint density at radius 2 is 0.824 bits per heavy atom. The summed E-state index contributed by atoms with van der Waals surface area (Å²) < 4.78 is 0. The van der Waals surface area contributed by atoms with Crippen LogP contribution in [-0.2, 0) is 0 Å². The fourth-order valence-corrected chi connectivity index (χ4v) is 190. The highest BCUT2D eigenvalue weighted by atomic mass is 35.6. The van der Waals surface area contributed by atoms with Gasteiger partial charge >= 0.3 is 0 Å². The van der Waals surface area contributed by atoms with Crippen LogP contribution in [0.1, 0.15) is 0 Å². The van der Waals surface area contributed by atoms with Gasteiger partial charge in [0.05, 0.1) is 0 Å². The van der Waals surface area contributed by atoms with E-state index in [1.165, 1.54) is 0 Å². The molecule has 0 aromatic carbocycles. The molecule has 0 bridgehead atoms. The van der Waals surface area contributed by atoms with E-state index in [4.69, 9.17) is 11.1 Å². The van der Waals surface area contributed by atoms with E-state index in [9.17, 15) is 0 Å². The van der Waals surface area contributed by atoms with Crippen LogP contribution in [0.5, 0.6) is 0 Å². The van der Waals surface area contributed by atoms with Crippen LogP contribution in [0.2, 0.25) is 19.6 Å². The van der Waals surface area contributed by atoms with E-state index in [2.05, 4.69) is 78.2 Å². The van der Waals surface area contributed by atoms with Crippen molar-refractivity contribution < 1.29 is 0 Å². The second-order valence-corrected chi connectivity index (χ2v) is 78.5. The Balaban J connectivity index is 4.95. The minimum absolute atomic E-state index is 0.873. The molecule has 0 heterocycles. The number of rotatable bonds is 6. The van der Waals surface area contributed by atoms with Crippen LogP contribution in [-0.4, -0.2) is 110 Å². The molecular weight excluding hydrogens is 437 g/mol. The highest BCUT2D eigenvalue weighted by Gasteiger charge is 2.43. The van der Waals surface area contributed by atoms with Crippen LogP contribution < -0.4 is 0 Å². The molecule has 0 saturated heterocycles. The van der Waals surface area contributed by atoms with E-state index < -0.39 is 25.8 Å². The lowest BCUT2D eigenvalue weighted by Crippen LogP contribution is -2.72. The van der Waals surface area contributed by atoms with Gasteiger partial charge in [-0.25, -0.2) is 0 Å². The first-order chi connectivity index (χ1) is 7.12. The fourth-order valence-electron chi connectivity index (χ4n) is 1.13. The molecule has 17 heavy (non-hydrogen) atoms. The van der Waals surface area contributed by atoms with Gasteiger partial charge in [0.1, 0.15) is 5.94 Å². The second-order valence-electron chi connectivity index (χ2n) is 4.41. The number of halogens is 1. The molecule has 24 radical (unpaired) electrons. The molecule has 0 aromatic heterocycles. The van der Waals surface area contributed by atoms with Gasteiger partial charge in [0.15, 0.2) is 0 Å². The van der Waals surface area contributed by atoms with Gasteiger partial charge in [-0.2, -0.15) is 11.1 Å². The summed E-state index contributed by atoms with van der Waals surface area (Å²) in [6, 6.07) is 0. The summed E-state index contributed by atoms with van der Waals surface area (Å²) in [5.74, 6) is -1.71. The first-order valence-electron chi connectivity index (χ1n) is 4.69. The molecule has 0 nitrogen and oxygen atoms in total. The van der Waals surface area contributed by atoms with Crippen LogP contribution >= 0.6 is 11.1 Å². The molecule has 0 spiro atoms. The zero-order chi connectivity index (χ0) is 14.1. The maximum Gasteiger partial charge on any atom is 0.106 e. The normalized spacial score (nSPS) is 15.2. The van der Waals surface area contributed by atoms with Crippen LogP contribution in [0.25, 0.3) is 0 Å². The third-order valence-corrected chi connectivity index (χ3v) is 82.4. The van der Waals surface area contributed by atoms with E-state index >= 15 is 0 Å². The molecule has 0 aliphatic heterocycles. The van der Waals surface area contributed by atoms with Gasteiger partial charge < -0.3 is 0 Å². The molecule has 80 valence electrons. The van der Waals surface area contributed by atoms with Crippen molar-refractivity contribution in [1.29, 1.82) is 0 Å². The third kappa shape index (κ3) is 12.6. The Morgan fingerprint density at radius 3 is 0.941 bits per heavy atom. The molecule has 0 fully saturated rings. The van der Waals surface area contributed by atoms with Crippen molar-refractivity contribution in [2.24, 2.45) is 0 Å². The minimum Gasteiger partial charge on any atom is -0.180 e. The lowest BCUT2D eigenvalue weighted by Gasteiger charge is -2.37. The lowest BCUT2D eigenvalue weighted by atomic mass is 11.9. The van der Waals surface area contributed by atoms with Gasteiger partial charge in [0.25, 0.3) is 0 Å². The monoisotopic (exact) mass is 444 g/mol. The summed E-state index contributed by atoms with van der Waals surface area (Å²) in [7, 11) is 25.9. The summed E-state index contributed by atoms with van der Waals surface area (Å²) in [6.07, 6.45) is 0. The Kier molecular flexibility index (Phi) is 8.18. The highest BCUT2D eigenvalue weighted by Crippen LogP contribution is 2.13. The van der Waals surface area contributed by atoms with Crippen LogP contribution in [0.3, 0.4) is 0 Å². The van der Waals surface area contributed by atoms with Crippen molar-refractivity contribution in [1.82, 2.24) is 0 Å². The smallest absolute Gasteiger partial charge is 0.106 e. The van der Waals surface area contributed by atoms with Crippen LogP contribution in [0, 0.1) is 0 Å². The molecule has 0 aliphatic rings. The molecule has 0 aliphatic carbocycles. The van der Waals surface area contributed by atoms with Crippen molar-refractivity contribution in [3.05, 3.63) is 0 Å². The quantitative estimate of drug-likeness (QED) is 0.313. The Bertz CT molecular complexity index is 202. The second kappa shape index (κ2) is 6.91. The molecule has 0 N–H and O–H groups in total. The molecule has 0 unspecified atom stereocenters. The van der Waals surface area contributed by atoms with E-state index in [-0.39, 0.29) is 0 Å². The van der Waals surface area contributed by atoms with E-state index in [1.807, 2.05) is 0 Å². The SMILES string of the molecule is C[Si]([Si])([Si])[Si][Si](Cl)([Si][Si](C)([Si])[Si])[Si][Si](C)([Si])[Si]. The van der Waals surface area contributed by atoms with Gasteiger partial charge in [-0.1, -0.05) is 19.6 Å². The van der Waals surface area contributed by atoms with E-state index in [0.29, 0.717) is 0 Å². The maximum atomic E-state index is 7.09. The third-order valence-electron chi connectivity index (χ3n) is 1.27. The zero-order valence-corrected chi connectivity index (χ0v) is 23.6. The summed E-state index contributed by atoms with van der Waals surface area (Å²) in [5.41, 5.74) is 0. The number of hydrogen-bond acceptors (Lipinski definition) is 0. The standard InChI is InChI=1S/C3H9ClSi13/c1-14(5,6)11-17(4,12-15(2,7)8)13-16(3,9)10/h1-3H3. The highest BCUT2D eigenvalue weighted by molar-refractivity contribution is 8.11. The Labute approximate surface area is 139 Å². The molecular formula is C3H9ClSi13. The molecule has 0 aromatic rings. The van der Waals surface area contributed by atoms with Crippen LogP contribution in [0.4, 0.5) is 0 Å². The predicted molar refractivity (Wildman–Crippen MR) is 98.2 cm³/mol. The zero-order valence-electron chi connectivity index (χ0n) is 9.88. The van der Waals surface area contributed by atoms with Crippen molar-refractivity contribution in [3.8, 4) is 0 Å². The first-order valence-corrected chi connectivity index (χ1v) is 33.2. The fraction of sp³-hybridized carbons (Fsp3) is 1.00. The van der Waals surface area contributed by atoms with Crippen LogP contribution in [0.15, 0.2) is 0 Å². The molecule has 0 amide bonds. The predicted octanol–water partition coefficient (Wildman–Crippen LogP) is -2.51. The van der Waals surface area contributed by atoms with Gasteiger partial charge in [0, 0.05) is 104 Å². The minimum atomic E-state index is -1.71. The van der Waals surface area contributed by atoms with Gasteiger partial charge in [0.2, 0.25) is 0 Å². The van der Waals surface area contributed by atoms with Crippen molar-refractivity contribution in [2.75, 3.05) is 0 Å². The van der Waals surface area contributed by atoms with E-state index in [1.54, 1.807) is 0 Å². The molecule has 14 heteroatoms. The van der Waals surface area contributed by atoms with E-state index in [0.717, 1.165) is 25.7 Å². The van der Waals surface area contributed by atoms with Gasteiger partial charge in [-0.05, 0) is 0 Å². The van der Waals surface area contributed by atoms with Crippen molar-refractivity contribution in [2.45, 2.75) is 19.6 Å². The lowest BCUT2D eigenvalue weighted by molar-refractivity contribution is 2.29. The average molecular weight is 446 g/mol. The summed E-state index contributed by atoms with van der Waals surface area (Å²) in [5, 5.41) is 0. The molecule has 0 rings (SSSR count). The Morgan fingerprint density at radius 1 is 0.647 bits per heavy atom. The largest absolute Gasteiger partial charge is 0.180 e. The van der Waals surface area contributed by atoms with Crippen molar-refractivity contribution in [3.63, 3.8) is 0 Å². The maximum absolute atomic E-state index is 7.09. The summed E-state index contributed by atoms with van der Waals surface area (Å²) in [4.78, 5) is 0. The number of hydrogen-bond donors (Lipinski definition) is 0. The van der Waals surface area contributed by atoms with Gasteiger partial charge in [-0.3, -0.25) is 0 Å². The molecule has 0 saturated carbocycles.